The summed E-state index contributed by atoms with van der Waals surface area (Å²) in [4.78, 5) is 8.24. The number of rotatable bonds is 7. The molecule has 0 N–H and O–H groups in total. The predicted octanol–water partition coefficient (Wildman–Crippen LogP) is 3.98. The maximum absolute atomic E-state index is 5.81. The van der Waals surface area contributed by atoms with Crippen molar-refractivity contribution in [1.82, 2.24) is 15.0 Å². The molecule has 5 nitrogen and oxygen atoms in total. The Kier molecular flexibility index (Phi) is 5.20. The first-order valence-electron chi connectivity index (χ1n) is 8.61. The number of hydrogen-bond acceptors (Lipinski definition) is 6. The third kappa shape index (κ3) is 4.34. The topological polar surface area (TPSA) is 51.4 Å². The fourth-order valence-corrected chi connectivity index (χ4v) is 3.85. The highest BCUT2D eigenvalue weighted by atomic mass is 32.1. The van der Waals surface area contributed by atoms with Gasteiger partial charge in [-0.3, -0.25) is 4.90 Å². The summed E-state index contributed by atoms with van der Waals surface area (Å²) in [6, 6.07) is 14.2. The molecule has 1 saturated heterocycles. The largest absolute Gasteiger partial charge is 0.377 e. The summed E-state index contributed by atoms with van der Waals surface area (Å²) < 4.78 is 11.3. The van der Waals surface area contributed by atoms with Crippen LogP contribution in [-0.4, -0.2) is 34.3 Å². The Hall–Kier alpha value is -2.02. The summed E-state index contributed by atoms with van der Waals surface area (Å²) in [5, 5.41) is 6.24. The lowest BCUT2D eigenvalue weighted by Gasteiger charge is -2.23. The van der Waals surface area contributed by atoms with Crippen LogP contribution < -0.4 is 0 Å². The van der Waals surface area contributed by atoms with Gasteiger partial charge in [0.05, 0.1) is 12.6 Å². The molecule has 3 heterocycles. The molecule has 4 rings (SSSR count). The highest BCUT2D eigenvalue weighted by Crippen LogP contribution is 2.20. The van der Waals surface area contributed by atoms with E-state index in [9.17, 15) is 0 Å². The molecule has 130 valence electrons. The minimum Gasteiger partial charge on any atom is -0.377 e. The van der Waals surface area contributed by atoms with E-state index in [1.807, 2.05) is 30.3 Å². The van der Waals surface area contributed by atoms with Crippen LogP contribution in [0.5, 0.6) is 0 Å². The van der Waals surface area contributed by atoms with Crippen molar-refractivity contribution in [2.45, 2.75) is 32.0 Å². The van der Waals surface area contributed by atoms with Gasteiger partial charge in [0.1, 0.15) is 0 Å². The number of ether oxygens (including phenoxy) is 1. The fraction of sp³-hybridized carbons (Fsp3) is 0.368. The van der Waals surface area contributed by atoms with Crippen LogP contribution in [-0.2, 0) is 17.8 Å². The molecule has 3 aromatic rings. The monoisotopic (exact) mass is 355 g/mol. The van der Waals surface area contributed by atoms with E-state index in [2.05, 4.69) is 32.6 Å². The molecule has 0 aliphatic carbocycles. The highest BCUT2D eigenvalue weighted by molar-refractivity contribution is 7.09. The lowest BCUT2D eigenvalue weighted by Crippen LogP contribution is -2.31. The Morgan fingerprint density at radius 1 is 1.12 bits per heavy atom. The fourth-order valence-electron chi connectivity index (χ4n) is 3.10. The van der Waals surface area contributed by atoms with Gasteiger partial charge < -0.3 is 9.26 Å². The van der Waals surface area contributed by atoms with Gasteiger partial charge in [0.2, 0.25) is 11.7 Å². The first-order valence-corrected chi connectivity index (χ1v) is 9.49. The Morgan fingerprint density at radius 2 is 2.04 bits per heavy atom. The van der Waals surface area contributed by atoms with Gasteiger partial charge in [0.15, 0.2) is 0 Å². The van der Waals surface area contributed by atoms with Crippen LogP contribution in [0, 0.1) is 0 Å². The smallest absolute Gasteiger partial charge is 0.241 e. The maximum atomic E-state index is 5.81. The van der Waals surface area contributed by atoms with Gasteiger partial charge in [-0.15, -0.1) is 11.3 Å². The highest BCUT2D eigenvalue weighted by Gasteiger charge is 2.21. The van der Waals surface area contributed by atoms with Crippen molar-refractivity contribution in [3.63, 3.8) is 0 Å². The first-order chi connectivity index (χ1) is 12.4. The second kappa shape index (κ2) is 7.91. The molecule has 1 fully saturated rings. The van der Waals surface area contributed by atoms with E-state index in [1.165, 1.54) is 4.88 Å². The van der Waals surface area contributed by atoms with Crippen molar-refractivity contribution in [1.29, 1.82) is 0 Å². The molecule has 0 unspecified atom stereocenters. The predicted molar refractivity (Wildman–Crippen MR) is 97.1 cm³/mol. The Bertz CT molecular complexity index is 767. The number of thiophene rings is 1. The van der Waals surface area contributed by atoms with Crippen molar-refractivity contribution in [2.24, 2.45) is 0 Å². The number of benzene rings is 1. The molecule has 1 aromatic carbocycles. The van der Waals surface area contributed by atoms with Crippen molar-refractivity contribution >= 4 is 11.3 Å². The Balaban J connectivity index is 1.46. The van der Waals surface area contributed by atoms with E-state index < -0.39 is 0 Å². The van der Waals surface area contributed by atoms with Crippen molar-refractivity contribution in [3.8, 4) is 11.4 Å². The maximum Gasteiger partial charge on any atom is 0.241 e. The van der Waals surface area contributed by atoms with Crippen LogP contribution in [0.3, 0.4) is 0 Å². The van der Waals surface area contributed by atoms with E-state index in [1.54, 1.807) is 11.3 Å². The molecule has 1 aliphatic rings. The quantitative estimate of drug-likeness (QED) is 0.642. The van der Waals surface area contributed by atoms with Crippen LogP contribution >= 0.6 is 11.3 Å². The molecule has 0 saturated carbocycles. The first kappa shape index (κ1) is 16.4. The van der Waals surface area contributed by atoms with Crippen molar-refractivity contribution in [2.75, 3.05) is 13.2 Å². The third-order valence-corrected chi connectivity index (χ3v) is 5.17. The zero-order chi connectivity index (χ0) is 16.9. The van der Waals surface area contributed by atoms with Crippen LogP contribution in [0.2, 0.25) is 0 Å². The third-order valence-electron chi connectivity index (χ3n) is 4.30. The standard InChI is InChI=1S/C19H21N3O2S/c1-2-6-15(7-3-1)19-20-18(24-21-19)14-22(12-16-8-4-10-23-16)13-17-9-5-11-25-17/h1-3,5-7,9,11,16H,4,8,10,12-14H2/t16-/m0/s1. The zero-order valence-corrected chi connectivity index (χ0v) is 14.8. The molecule has 25 heavy (non-hydrogen) atoms. The zero-order valence-electron chi connectivity index (χ0n) is 14.0. The molecule has 0 spiro atoms. The molecule has 0 bridgehead atoms. The van der Waals surface area contributed by atoms with E-state index in [-0.39, 0.29) is 0 Å². The van der Waals surface area contributed by atoms with E-state index in [4.69, 9.17) is 9.26 Å². The van der Waals surface area contributed by atoms with Gasteiger partial charge in [-0.2, -0.15) is 4.98 Å². The lowest BCUT2D eigenvalue weighted by molar-refractivity contribution is 0.0644. The summed E-state index contributed by atoms with van der Waals surface area (Å²) in [6.45, 7) is 3.27. The lowest BCUT2D eigenvalue weighted by atomic mass is 10.2. The average molecular weight is 355 g/mol. The molecule has 1 atom stereocenters. The number of aromatic nitrogens is 2. The van der Waals surface area contributed by atoms with Crippen LogP contribution in [0.15, 0.2) is 52.4 Å². The van der Waals surface area contributed by atoms with E-state index in [0.717, 1.165) is 38.1 Å². The second-order valence-electron chi connectivity index (χ2n) is 6.26. The minimum atomic E-state index is 0.302. The van der Waals surface area contributed by atoms with Gasteiger partial charge in [-0.25, -0.2) is 0 Å². The number of nitrogens with zero attached hydrogens (tertiary/aromatic N) is 3. The molecular weight excluding hydrogens is 334 g/mol. The van der Waals surface area contributed by atoms with E-state index in [0.29, 0.717) is 24.4 Å². The Labute approximate surface area is 151 Å². The molecule has 1 aliphatic heterocycles. The summed E-state index contributed by atoms with van der Waals surface area (Å²) in [6.07, 6.45) is 2.58. The van der Waals surface area contributed by atoms with Crippen LogP contribution in [0.25, 0.3) is 11.4 Å². The second-order valence-corrected chi connectivity index (χ2v) is 7.29. The SMILES string of the molecule is c1ccc(-c2noc(CN(Cc3cccs3)C[C@@H]3CCCO3)n2)cc1. The van der Waals surface area contributed by atoms with Gasteiger partial charge in [-0.1, -0.05) is 41.6 Å². The summed E-state index contributed by atoms with van der Waals surface area (Å²) in [5.41, 5.74) is 0.974. The van der Waals surface area contributed by atoms with Gasteiger partial charge in [0.25, 0.3) is 0 Å². The molecule has 0 radical (unpaired) electrons. The molecule has 2 aromatic heterocycles. The van der Waals surface area contributed by atoms with Crippen molar-refractivity contribution < 1.29 is 9.26 Å². The van der Waals surface area contributed by atoms with Crippen LogP contribution in [0.4, 0.5) is 0 Å². The van der Waals surface area contributed by atoms with Gasteiger partial charge in [-0.05, 0) is 24.3 Å². The minimum absolute atomic E-state index is 0.302. The normalized spacial score (nSPS) is 17.4. The summed E-state index contributed by atoms with van der Waals surface area (Å²) >= 11 is 1.77. The van der Waals surface area contributed by atoms with Gasteiger partial charge >= 0.3 is 0 Å². The van der Waals surface area contributed by atoms with Crippen molar-refractivity contribution in [3.05, 3.63) is 58.6 Å². The van der Waals surface area contributed by atoms with E-state index >= 15 is 0 Å². The number of hydrogen-bond donors (Lipinski definition) is 0. The Morgan fingerprint density at radius 3 is 2.80 bits per heavy atom. The molecular formula is C19H21N3O2S. The molecule has 6 heteroatoms. The summed E-state index contributed by atoms with van der Waals surface area (Å²) in [7, 11) is 0. The summed E-state index contributed by atoms with van der Waals surface area (Å²) in [5.74, 6) is 1.29. The average Bonchev–Trinajstić information content (AvgIpc) is 3.38. The van der Waals surface area contributed by atoms with Gasteiger partial charge in [0, 0.05) is 30.1 Å². The van der Waals surface area contributed by atoms with Crippen LogP contribution in [0.1, 0.15) is 23.6 Å². The molecule has 0 amide bonds.